The molecular weight excluding hydrogens is 396 g/mol. The summed E-state index contributed by atoms with van der Waals surface area (Å²) in [6, 6.07) is 8.54. The smallest absolute Gasteiger partial charge is 0.169 e. The van der Waals surface area contributed by atoms with E-state index in [2.05, 4.69) is 13.8 Å². The fourth-order valence-electron chi connectivity index (χ4n) is 4.18. The van der Waals surface area contributed by atoms with E-state index in [-0.39, 0.29) is 29.1 Å². The van der Waals surface area contributed by atoms with Crippen LogP contribution in [-0.4, -0.2) is 38.4 Å². The van der Waals surface area contributed by atoms with Crippen LogP contribution in [0.1, 0.15) is 73.7 Å². The lowest BCUT2D eigenvalue weighted by Crippen LogP contribution is -2.39. The molecule has 2 aliphatic heterocycles. The van der Waals surface area contributed by atoms with Crippen molar-refractivity contribution in [3.63, 3.8) is 0 Å². The highest BCUT2D eigenvalue weighted by molar-refractivity contribution is 5.99. The quantitative estimate of drug-likeness (QED) is 0.628. The topological polar surface area (TPSA) is 96.2 Å². The number of phenols is 1. The molecule has 0 saturated heterocycles. The summed E-state index contributed by atoms with van der Waals surface area (Å²) in [6.45, 7) is 7.43. The predicted molar refractivity (Wildman–Crippen MR) is 116 cm³/mol. The Labute approximate surface area is 182 Å². The lowest BCUT2D eigenvalue weighted by molar-refractivity contribution is -0.0230. The summed E-state index contributed by atoms with van der Waals surface area (Å²) in [5.41, 5.74) is 1.35. The van der Waals surface area contributed by atoms with E-state index < -0.39 is 17.8 Å². The van der Waals surface area contributed by atoms with Gasteiger partial charge in [0, 0.05) is 18.9 Å². The minimum absolute atomic E-state index is 0.146. The molecule has 0 aliphatic carbocycles. The Morgan fingerprint density at radius 3 is 2.65 bits per heavy atom. The van der Waals surface area contributed by atoms with Crippen molar-refractivity contribution in [1.82, 2.24) is 0 Å². The highest BCUT2D eigenvalue weighted by atomic mass is 16.5. The summed E-state index contributed by atoms with van der Waals surface area (Å²) in [5, 5.41) is 31.3. The van der Waals surface area contributed by atoms with Crippen LogP contribution in [0, 0.1) is 0 Å². The zero-order chi connectivity index (χ0) is 22.6. The van der Waals surface area contributed by atoms with Crippen LogP contribution in [0.3, 0.4) is 0 Å². The van der Waals surface area contributed by atoms with Crippen LogP contribution >= 0.6 is 0 Å². The second-order valence-electron chi connectivity index (χ2n) is 9.81. The largest absolute Gasteiger partial charge is 0.507 e. The molecule has 0 aromatic heterocycles. The lowest BCUT2D eigenvalue weighted by atomic mass is 9.91. The summed E-state index contributed by atoms with van der Waals surface area (Å²) in [6.07, 6.45) is 0.609. The first kappa shape index (κ1) is 21.7. The molecule has 4 rings (SSSR count). The maximum absolute atomic E-state index is 12.9. The Bertz CT molecular complexity index is 1020. The molecule has 2 atom stereocenters. The van der Waals surface area contributed by atoms with Crippen LogP contribution in [0.25, 0.3) is 0 Å². The van der Waals surface area contributed by atoms with Crippen LogP contribution < -0.4 is 9.47 Å². The highest BCUT2D eigenvalue weighted by Gasteiger charge is 2.36. The van der Waals surface area contributed by atoms with Crippen molar-refractivity contribution in [1.29, 1.82) is 0 Å². The number of ether oxygens (including phenoxy) is 2. The van der Waals surface area contributed by atoms with E-state index in [0.717, 1.165) is 29.7 Å². The van der Waals surface area contributed by atoms with Crippen molar-refractivity contribution in [3.05, 3.63) is 52.6 Å². The lowest BCUT2D eigenvalue weighted by Gasteiger charge is -2.33. The molecule has 2 aromatic rings. The summed E-state index contributed by atoms with van der Waals surface area (Å²) in [7, 11) is 0. The van der Waals surface area contributed by atoms with Gasteiger partial charge in [0.05, 0.1) is 17.3 Å². The van der Waals surface area contributed by atoms with Crippen LogP contribution in [0.5, 0.6) is 17.2 Å². The van der Waals surface area contributed by atoms with E-state index in [0.29, 0.717) is 17.7 Å². The molecular formula is C25H30O6. The predicted octanol–water partition coefficient (Wildman–Crippen LogP) is 3.88. The number of phenolic OH excluding ortho intramolecular Hbond substituents is 1. The second-order valence-corrected chi connectivity index (χ2v) is 9.81. The van der Waals surface area contributed by atoms with Gasteiger partial charge in [-0.05, 0) is 75.4 Å². The monoisotopic (exact) mass is 426 g/mol. The van der Waals surface area contributed by atoms with Crippen LogP contribution in [0.4, 0.5) is 0 Å². The molecule has 6 nitrogen and oxygen atoms in total. The Morgan fingerprint density at radius 2 is 1.94 bits per heavy atom. The maximum Gasteiger partial charge on any atom is 0.169 e. The fraction of sp³-hybridized carbons (Fsp3) is 0.480. The van der Waals surface area contributed by atoms with Gasteiger partial charge in [0.25, 0.3) is 0 Å². The standard InChI is InChI=1S/C25H30O6/c1-24(2)8-7-15-9-14(5-6-21(15)31-24)18(26)12-19(27)17-10-16-11-23(25(3,4)29)30-22(16)13-20(17)28/h5-6,9-10,13,18,23,26,28-29H,7-8,11-12H2,1-4H3. The SMILES string of the molecule is CC1(C)CCc2cc(C(O)CC(=O)c3cc4c(cc3O)OC(C(C)(C)O)C4)ccc2O1. The van der Waals surface area contributed by atoms with E-state index >= 15 is 0 Å². The van der Waals surface area contributed by atoms with E-state index in [9.17, 15) is 20.1 Å². The summed E-state index contributed by atoms with van der Waals surface area (Å²) >= 11 is 0. The van der Waals surface area contributed by atoms with Gasteiger partial charge in [-0.2, -0.15) is 0 Å². The van der Waals surface area contributed by atoms with E-state index in [4.69, 9.17) is 9.47 Å². The van der Waals surface area contributed by atoms with Crippen LogP contribution in [0.15, 0.2) is 30.3 Å². The second kappa shape index (κ2) is 7.53. The number of hydrogen-bond acceptors (Lipinski definition) is 6. The average Bonchev–Trinajstić information content (AvgIpc) is 3.09. The van der Waals surface area contributed by atoms with Gasteiger partial charge in [-0.25, -0.2) is 0 Å². The van der Waals surface area contributed by atoms with Gasteiger partial charge in [0.2, 0.25) is 0 Å². The fourth-order valence-corrected chi connectivity index (χ4v) is 4.18. The Kier molecular flexibility index (Phi) is 5.26. The van der Waals surface area contributed by atoms with Gasteiger partial charge in [0.15, 0.2) is 5.78 Å². The van der Waals surface area contributed by atoms with Gasteiger partial charge in [-0.15, -0.1) is 0 Å². The van der Waals surface area contributed by atoms with Gasteiger partial charge in [-0.3, -0.25) is 4.79 Å². The molecule has 0 spiro atoms. The Morgan fingerprint density at radius 1 is 1.19 bits per heavy atom. The number of Topliss-reactive ketones (excluding diaryl/α,β-unsaturated/α-hetero) is 1. The number of aryl methyl sites for hydroxylation is 1. The number of benzene rings is 2. The summed E-state index contributed by atoms with van der Waals surface area (Å²) in [5.74, 6) is 0.749. The third kappa shape index (κ3) is 4.41. The number of rotatable bonds is 5. The number of aliphatic hydroxyl groups excluding tert-OH is 1. The van der Waals surface area contributed by atoms with Crippen molar-refractivity contribution >= 4 is 5.78 Å². The molecule has 166 valence electrons. The zero-order valence-corrected chi connectivity index (χ0v) is 18.4. The first-order chi connectivity index (χ1) is 14.4. The summed E-state index contributed by atoms with van der Waals surface area (Å²) < 4.78 is 11.7. The molecule has 2 unspecified atom stereocenters. The van der Waals surface area contributed by atoms with Crippen molar-refractivity contribution in [2.45, 2.75) is 76.8 Å². The van der Waals surface area contributed by atoms with Gasteiger partial charge in [-0.1, -0.05) is 6.07 Å². The van der Waals surface area contributed by atoms with Gasteiger partial charge < -0.3 is 24.8 Å². The van der Waals surface area contributed by atoms with E-state index in [1.165, 1.54) is 6.07 Å². The molecule has 31 heavy (non-hydrogen) atoms. The number of carbonyl (C=O) groups excluding carboxylic acids is 1. The molecule has 2 aliphatic rings. The number of hydrogen-bond donors (Lipinski definition) is 3. The number of aliphatic hydroxyl groups is 2. The minimum Gasteiger partial charge on any atom is -0.507 e. The van der Waals surface area contributed by atoms with Crippen molar-refractivity contribution < 1.29 is 29.6 Å². The Balaban J connectivity index is 1.49. The third-order valence-electron chi connectivity index (χ3n) is 6.17. The first-order valence-corrected chi connectivity index (χ1v) is 10.7. The molecule has 2 heterocycles. The molecule has 0 fully saturated rings. The number of ketones is 1. The van der Waals surface area contributed by atoms with Crippen molar-refractivity contribution in [3.8, 4) is 17.2 Å². The molecule has 6 heteroatoms. The van der Waals surface area contributed by atoms with Gasteiger partial charge >= 0.3 is 0 Å². The Hall–Kier alpha value is -2.57. The molecule has 2 aromatic carbocycles. The zero-order valence-electron chi connectivity index (χ0n) is 18.4. The normalized spacial score (nSPS) is 20.3. The van der Waals surface area contributed by atoms with Crippen LogP contribution in [0.2, 0.25) is 0 Å². The first-order valence-electron chi connectivity index (χ1n) is 10.7. The molecule has 0 radical (unpaired) electrons. The van der Waals surface area contributed by atoms with Crippen molar-refractivity contribution in [2.24, 2.45) is 0 Å². The average molecular weight is 427 g/mol. The summed E-state index contributed by atoms with van der Waals surface area (Å²) in [4.78, 5) is 12.9. The highest BCUT2D eigenvalue weighted by Crippen LogP contribution is 2.39. The number of fused-ring (bicyclic) bond motifs is 2. The van der Waals surface area contributed by atoms with Gasteiger partial charge in [0.1, 0.15) is 29.0 Å². The van der Waals surface area contributed by atoms with E-state index in [1.54, 1.807) is 26.0 Å². The minimum atomic E-state index is -1.04. The molecule has 0 bridgehead atoms. The van der Waals surface area contributed by atoms with Crippen molar-refractivity contribution in [2.75, 3.05) is 0 Å². The molecule has 3 N–H and O–H groups in total. The third-order valence-corrected chi connectivity index (χ3v) is 6.17. The van der Waals surface area contributed by atoms with Crippen LogP contribution in [-0.2, 0) is 12.8 Å². The number of aromatic hydroxyl groups is 1. The number of carbonyl (C=O) groups is 1. The van der Waals surface area contributed by atoms with E-state index in [1.807, 2.05) is 12.1 Å². The molecule has 0 amide bonds. The maximum atomic E-state index is 12.9. The molecule has 0 saturated carbocycles.